The molecule has 2 rings (SSSR count). The second-order valence-electron chi connectivity index (χ2n) is 4.14. The Balaban J connectivity index is 1.99. The van der Waals surface area contributed by atoms with Crippen molar-refractivity contribution in [2.45, 2.75) is 13.0 Å². The predicted molar refractivity (Wildman–Crippen MR) is 64.6 cm³/mol. The first-order chi connectivity index (χ1) is 8.70. The van der Waals surface area contributed by atoms with Crippen LogP contribution in [0.15, 0.2) is 18.2 Å². The molecule has 2 unspecified atom stereocenters. The summed E-state index contributed by atoms with van der Waals surface area (Å²) in [6.45, 7) is 3.64. The maximum absolute atomic E-state index is 12.9. The van der Waals surface area contributed by atoms with Gasteiger partial charge in [-0.1, -0.05) is 13.0 Å². The van der Waals surface area contributed by atoms with Gasteiger partial charge >= 0.3 is 0 Å². The van der Waals surface area contributed by atoms with Crippen LogP contribution in [0.25, 0.3) is 0 Å². The van der Waals surface area contributed by atoms with Gasteiger partial charge in [0.15, 0.2) is 0 Å². The maximum atomic E-state index is 12.9. The van der Waals surface area contributed by atoms with Gasteiger partial charge in [-0.05, 0) is 18.7 Å². The third-order valence-electron chi connectivity index (χ3n) is 2.85. The molecule has 18 heavy (non-hydrogen) atoms. The zero-order valence-corrected chi connectivity index (χ0v) is 10.1. The molecular formula is C12H16FN3O2. The topological polar surface area (TPSA) is 63.2 Å². The van der Waals surface area contributed by atoms with Gasteiger partial charge in [-0.3, -0.25) is 4.79 Å². The average Bonchev–Trinajstić information content (AvgIpc) is 2.78. The summed E-state index contributed by atoms with van der Waals surface area (Å²) in [7, 11) is 0. The van der Waals surface area contributed by atoms with Crippen LogP contribution in [0.5, 0.6) is 0 Å². The van der Waals surface area contributed by atoms with Crippen molar-refractivity contribution in [1.29, 1.82) is 0 Å². The molecule has 1 saturated heterocycles. The van der Waals surface area contributed by atoms with E-state index in [0.29, 0.717) is 13.2 Å². The van der Waals surface area contributed by atoms with E-state index in [0.717, 1.165) is 6.54 Å². The van der Waals surface area contributed by atoms with E-state index in [-0.39, 0.29) is 23.7 Å². The largest absolute Gasteiger partial charge is 0.379 e. The second-order valence-corrected chi connectivity index (χ2v) is 4.14. The summed E-state index contributed by atoms with van der Waals surface area (Å²) in [6, 6.07) is 4.29. The lowest BCUT2D eigenvalue weighted by atomic mass is 10.0. The summed E-state index contributed by atoms with van der Waals surface area (Å²) < 4.78 is 18.2. The molecule has 2 heterocycles. The fraction of sp³-hybridized carbons (Fsp3) is 0.500. The number of nitrogens with zero attached hydrogens (tertiary/aromatic N) is 1. The van der Waals surface area contributed by atoms with Crippen LogP contribution >= 0.6 is 0 Å². The highest BCUT2D eigenvalue weighted by Crippen LogP contribution is 2.16. The molecule has 1 aromatic rings. The van der Waals surface area contributed by atoms with Crippen molar-refractivity contribution < 1.29 is 13.9 Å². The van der Waals surface area contributed by atoms with E-state index in [4.69, 9.17) is 4.74 Å². The van der Waals surface area contributed by atoms with Gasteiger partial charge < -0.3 is 15.4 Å². The third kappa shape index (κ3) is 3.02. The van der Waals surface area contributed by atoms with Gasteiger partial charge in [0, 0.05) is 6.04 Å². The van der Waals surface area contributed by atoms with Gasteiger partial charge in [-0.15, -0.1) is 0 Å². The van der Waals surface area contributed by atoms with Crippen molar-refractivity contribution in [1.82, 2.24) is 10.3 Å². The number of pyridine rings is 1. The van der Waals surface area contributed by atoms with Gasteiger partial charge in [0.05, 0.1) is 19.1 Å². The summed E-state index contributed by atoms with van der Waals surface area (Å²) in [6.07, 6.45) is 0. The van der Waals surface area contributed by atoms with Gasteiger partial charge in [0.1, 0.15) is 5.82 Å². The number of hydrogen-bond donors (Lipinski definition) is 2. The number of amides is 1. The quantitative estimate of drug-likeness (QED) is 0.778. The normalized spacial score (nSPS) is 23.0. The lowest BCUT2D eigenvalue weighted by molar-refractivity contribution is -0.120. The van der Waals surface area contributed by atoms with E-state index in [1.54, 1.807) is 6.07 Å². The molecular weight excluding hydrogens is 237 g/mol. The molecule has 1 aromatic heterocycles. The molecule has 1 aliphatic heterocycles. The lowest BCUT2D eigenvalue weighted by Crippen LogP contribution is -2.41. The molecule has 1 amide bonds. The number of rotatable bonds is 4. The minimum atomic E-state index is -0.612. The van der Waals surface area contributed by atoms with Gasteiger partial charge in [0.2, 0.25) is 11.9 Å². The average molecular weight is 253 g/mol. The Kier molecular flexibility index (Phi) is 4.22. The molecule has 0 bridgehead atoms. The van der Waals surface area contributed by atoms with E-state index >= 15 is 0 Å². The van der Waals surface area contributed by atoms with Crippen molar-refractivity contribution >= 4 is 11.7 Å². The number of ether oxygens (including phenoxy) is 1. The van der Waals surface area contributed by atoms with Gasteiger partial charge in [-0.25, -0.2) is 4.98 Å². The Morgan fingerprint density at radius 1 is 1.56 bits per heavy atom. The van der Waals surface area contributed by atoms with Crippen LogP contribution in [0.2, 0.25) is 0 Å². The Bertz CT molecular complexity index is 428. The Morgan fingerprint density at radius 2 is 2.39 bits per heavy atom. The van der Waals surface area contributed by atoms with E-state index in [2.05, 4.69) is 15.6 Å². The van der Waals surface area contributed by atoms with Crippen LogP contribution in [0.3, 0.4) is 0 Å². The molecule has 2 atom stereocenters. The molecule has 0 spiro atoms. The number of halogens is 1. The first-order valence-electron chi connectivity index (χ1n) is 5.95. The van der Waals surface area contributed by atoms with Gasteiger partial charge in [0.25, 0.3) is 0 Å². The van der Waals surface area contributed by atoms with E-state index < -0.39 is 5.95 Å². The molecule has 0 saturated carbocycles. The van der Waals surface area contributed by atoms with E-state index in [1.807, 2.05) is 6.92 Å². The summed E-state index contributed by atoms with van der Waals surface area (Å²) in [5.41, 5.74) is 0. The number of carbonyl (C=O) groups is 1. The van der Waals surface area contributed by atoms with Crippen molar-refractivity contribution in [3.8, 4) is 0 Å². The molecule has 98 valence electrons. The van der Waals surface area contributed by atoms with Gasteiger partial charge in [-0.2, -0.15) is 4.39 Å². The lowest BCUT2D eigenvalue weighted by Gasteiger charge is -2.17. The fourth-order valence-electron chi connectivity index (χ4n) is 1.97. The summed E-state index contributed by atoms with van der Waals surface area (Å²) in [5, 5.41) is 5.80. The smallest absolute Gasteiger partial charge is 0.232 e. The molecule has 2 N–H and O–H groups in total. The third-order valence-corrected chi connectivity index (χ3v) is 2.85. The Hall–Kier alpha value is -1.53. The molecule has 0 radical (unpaired) electrons. The highest BCUT2D eigenvalue weighted by Gasteiger charge is 2.33. The second kappa shape index (κ2) is 5.88. The Labute approximate surface area is 105 Å². The number of nitrogens with one attached hydrogen (secondary N) is 2. The van der Waals surface area contributed by atoms with Crippen LogP contribution in [-0.2, 0) is 9.53 Å². The number of aromatic nitrogens is 1. The standard InChI is InChI=1S/C12H16FN3O2/c1-2-14-9-7-18-6-8(9)12(17)16-11-5-3-4-10(13)15-11/h3-5,8-9,14H,2,6-7H2,1H3,(H,15,16,17). The van der Waals surface area contributed by atoms with Crippen LogP contribution in [0.4, 0.5) is 10.2 Å². The molecule has 0 aliphatic carbocycles. The van der Waals surface area contributed by atoms with E-state index in [1.165, 1.54) is 12.1 Å². The van der Waals surface area contributed by atoms with Crippen LogP contribution in [-0.4, -0.2) is 36.7 Å². The van der Waals surface area contributed by atoms with Crippen molar-refractivity contribution in [2.75, 3.05) is 25.1 Å². The minimum absolute atomic E-state index is 0.00330. The molecule has 0 aromatic carbocycles. The minimum Gasteiger partial charge on any atom is -0.379 e. The highest BCUT2D eigenvalue weighted by atomic mass is 19.1. The number of hydrogen-bond acceptors (Lipinski definition) is 4. The van der Waals surface area contributed by atoms with Crippen molar-refractivity contribution in [2.24, 2.45) is 5.92 Å². The first kappa shape index (κ1) is 12.9. The number of anilines is 1. The molecule has 6 heteroatoms. The maximum Gasteiger partial charge on any atom is 0.232 e. The van der Waals surface area contributed by atoms with Crippen LogP contribution in [0.1, 0.15) is 6.92 Å². The monoisotopic (exact) mass is 253 g/mol. The van der Waals surface area contributed by atoms with E-state index in [9.17, 15) is 9.18 Å². The number of carbonyl (C=O) groups excluding carboxylic acids is 1. The highest BCUT2D eigenvalue weighted by molar-refractivity contribution is 5.92. The molecule has 5 nitrogen and oxygen atoms in total. The van der Waals surface area contributed by atoms with Crippen LogP contribution < -0.4 is 10.6 Å². The molecule has 1 aliphatic rings. The fourth-order valence-corrected chi connectivity index (χ4v) is 1.97. The summed E-state index contributed by atoms with van der Waals surface area (Å²) in [4.78, 5) is 15.6. The Morgan fingerprint density at radius 3 is 3.11 bits per heavy atom. The van der Waals surface area contributed by atoms with Crippen molar-refractivity contribution in [3.05, 3.63) is 24.1 Å². The zero-order chi connectivity index (χ0) is 13.0. The van der Waals surface area contributed by atoms with Crippen LogP contribution in [0, 0.1) is 11.9 Å². The summed E-state index contributed by atoms with van der Waals surface area (Å²) in [5.74, 6) is -0.854. The molecule has 1 fully saturated rings. The zero-order valence-electron chi connectivity index (χ0n) is 10.1. The van der Waals surface area contributed by atoms with Crippen molar-refractivity contribution in [3.63, 3.8) is 0 Å². The number of likely N-dealkylation sites (N-methyl/N-ethyl adjacent to an activating group) is 1. The first-order valence-corrected chi connectivity index (χ1v) is 5.95. The summed E-state index contributed by atoms with van der Waals surface area (Å²) >= 11 is 0. The SMILES string of the molecule is CCNC1COCC1C(=O)Nc1cccc(F)n1. The predicted octanol–water partition coefficient (Wildman–Crippen LogP) is 0.784.